The number of carbonyl (C=O) groups excluding carboxylic acids is 1. The van der Waals surface area contributed by atoms with Crippen LogP contribution in [-0.4, -0.2) is 82.3 Å². The molecule has 184 valence electrons. The zero-order chi connectivity index (χ0) is 23.1. The average molecular weight is 503 g/mol. The third-order valence-corrected chi connectivity index (χ3v) is 10.0. The fourth-order valence-electron chi connectivity index (χ4n) is 3.96. The quantitative estimate of drug-likeness (QED) is 0.417. The van der Waals surface area contributed by atoms with E-state index in [1.165, 1.54) is 35.2 Å². The molecule has 2 aliphatic rings. The first-order chi connectivity index (χ1) is 13.8. The molecule has 0 aromatic rings. The third-order valence-electron chi connectivity index (χ3n) is 5.95. The molecular weight excluding hydrogens is 464 g/mol. The van der Waals surface area contributed by atoms with Gasteiger partial charge in [-0.05, 0) is 25.7 Å². The number of nitrogens with two attached hydrogens (primary N) is 1. The van der Waals surface area contributed by atoms with Gasteiger partial charge in [0.2, 0.25) is 26.1 Å². The van der Waals surface area contributed by atoms with Crippen LogP contribution >= 0.6 is 12.4 Å². The molecule has 2 N–H and O–H groups in total. The molecular formula is C19H39ClN4O5S2. The Balaban J connectivity index is 0.000000567. The van der Waals surface area contributed by atoms with Gasteiger partial charge in [-0.3, -0.25) is 0 Å². The Hall–Kier alpha value is -0.550. The van der Waals surface area contributed by atoms with Gasteiger partial charge in [0.15, 0.2) is 0 Å². The van der Waals surface area contributed by atoms with Gasteiger partial charge in [-0.25, -0.2) is 30.2 Å². The minimum absolute atomic E-state index is 0. The second-order valence-electron chi connectivity index (χ2n) is 8.99. The van der Waals surface area contributed by atoms with E-state index < -0.39 is 31.1 Å². The Labute approximate surface area is 194 Å². The van der Waals surface area contributed by atoms with Crippen molar-refractivity contribution in [1.82, 2.24) is 8.61 Å². The topological polar surface area (TPSA) is 130 Å². The lowest BCUT2D eigenvalue weighted by molar-refractivity contribution is 0.320. The standard InChI is InChI=1S/C10H18N2O3S.C9H20N2O2S.ClH/c1-12(2)16(14,15)8-10(11-9-13)6-4-3-5-7-10;1-11(2)14(12,13)8-9(10)6-4-3-5-7-9;/h3-8H2,1-2H3;3-8,10H2,1-2H3;1H. The van der Waals surface area contributed by atoms with Crippen molar-refractivity contribution in [3.8, 4) is 0 Å². The summed E-state index contributed by atoms with van der Waals surface area (Å²) in [5, 5.41) is 0. The van der Waals surface area contributed by atoms with E-state index in [9.17, 15) is 21.6 Å². The van der Waals surface area contributed by atoms with Gasteiger partial charge in [-0.15, -0.1) is 12.4 Å². The van der Waals surface area contributed by atoms with Crippen LogP contribution < -0.4 is 5.73 Å². The Kier molecular flexibility index (Phi) is 12.4. The lowest BCUT2D eigenvalue weighted by Crippen LogP contribution is -2.49. The Morgan fingerprint density at radius 1 is 0.774 bits per heavy atom. The van der Waals surface area contributed by atoms with Crippen molar-refractivity contribution in [2.75, 3.05) is 39.7 Å². The summed E-state index contributed by atoms with van der Waals surface area (Å²) in [6.07, 6.45) is 10.7. The summed E-state index contributed by atoms with van der Waals surface area (Å²) in [6, 6.07) is 0. The molecule has 2 aliphatic carbocycles. The van der Waals surface area contributed by atoms with Crippen LogP contribution in [0.3, 0.4) is 0 Å². The molecule has 0 bridgehead atoms. The molecule has 9 nitrogen and oxygen atoms in total. The van der Waals surface area contributed by atoms with Crippen molar-refractivity contribution in [3.63, 3.8) is 0 Å². The van der Waals surface area contributed by atoms with E-state index in [1.807, 2.05) is 0 Å². The summed E-state index contributed by atoms with van der Waals surface area (Å²) in [5.74, 6) is 0.00917. The summed E-state index contributed by atoms with van der Waals surface area (Å²) in [5.41, 5.74) is 4.86. The summed E-state index contributed by atoms with van der Waals surface area (Å²) in [7, 11) is -0.359. The number of aliphatic imine (C=N–C) groups is 1. The van der Waals surface area contributed by atoms with Crippen molar-refractivity contribution < 1.29 is 21.6 Å². The predicted octanol–water partition coefficient (Wildman–Crippen LogP) is 1.88. The van der Waals surface area contributed by atoms with Crippen LogP contribution in [0.2, 0.25) is 0 Å². The first kappa shape index (κ1) is 30.4. The van der Waals surface area contributed by atoms with E-state index in [-0.39, 0.29) is 23.9 Å². The Morgan fingerprint density at radius 2 is 1.16 bits per heavy atom. The molecule has 0 aliphatic heterocycles. The normalized spacial score (nSPS) is 20.7. The highest BCUT2D eigenvalue weighted by Crippen LogP contribution is 2.33. The molecule has 0 spiro atoms. The molecule has 2 fully saturated rings. The highest BCUT2D eigenvalue weighted by molar-refractivity contribution is 7.89. The summed E-state index contributed by atoms with van der Waals surface area (Å²) < 4.78 is 49.4. The monoisotopic (exact) mass is 502 g/mol. The number of nitrogens with zero attached hydrogens (tertiary/aromatic N) is 3. The molecule has 0 radical (unpaired) electrons. The number of hydrogen-bond acceptors (Lipinski definition) is 7. The van der Waals surface area contributed by atoms with Gasteiger partial charge in [0.25, 0.3) is 0 Å². The van der Waals surface area contributed by atoms with Crippen LogP contribution in [0.25, 0.3) is 0 Å². The average Bonchev–Trinajstić information content (AvgIpc) is 2.62. The lowest BCUT2D eigenvalue weighted by atomic mass is 9.84. The fraction of sp³-hybridized carbons (Fsp3) is 0.947. The van der Waals surface area contributed by atoms with Crippen LogP contribution in [-0.2, 0) is 24.8 Å². The SMILES string of the molecule is CN(C)S(=O)(=O)CC1(N)CCCCC1.CN(C)S(=O)(=O)CC1(N=C=O)CCCCC1.Cl. The number of sulfonamides is 2. The van der Waals surface area contributed by atoms with E-state index >= 15 is 0 Å². The molecule has 0 heterocycles. The minimum Gasteiger partial charge on any atom is -0.324 e. The van der Waals surface area contributed by atoms with Crippen LogP contribution in [0.4, 0.5) is 0 Å². The lowest BCUT2D eigenvalue weighted by Gasteiger charge is -2.33. The van der Waals surface area contributed by atoms with Crippen molar-refractivity contribution in [1.29, 1.82) is 0 Å². The second-order valence-corrected chi connectivity index (χ2v) is 13.4. The van der Waals surface area contributed by atoms with Crippen LogP contribution in [0, 0.1) is 0 Å². The predicted molar refractivity (Wildman–Crippen MR) is 126 cm³/mol. The Morgan fingerprint density at radius 3 is 1.55 bits per heavy atom. The number of hydrogen-bond donors (Lipinski definition) is 1. The molecule has 0 unspecified atom stereocenters. The zero-order valence-corrected chi connectivity index (χ0v) is 21.6. The first-order valence-electron chi connectivity index (χ1n) is 10.5. The van der Waals surface area contributed by atoms with Gasteiger partial charge in [0.05, 0.1) is 17.0 Å². The highest BCUT2D eigenvalue weighted by Gasteiger charge is 2.37. The molecule has 0 saturated heterocycles. The van der Waals surface area contributed by atoms with E-state index in [4.69, 9.17) is 5.73 Å². The van der Waals surface area contributed by atoms with Crippen molar-refractivity contribution in [3.05, 3.63) is 0 Å². The molecule has 0 amide bonds. The summed E-state index contributed by atoms with van der Waals surface area (Å²) >= 11 is 0. The largest absolute Gasteiger partial charge is 0.324 e. The molecule has 0 aromatic carbocycles. The van der Waals surface area contributed by atoms with E-state index in [2.05, 4.69) is 4.99 Å². The molecule has 2 rings (SSSR count). The van der Waals surface area contributed by atoms with Gasteiger partial charge >= 0.3 is 0 Å². The van der Waals surface area contributed by atoms with Gasteiger partial charge in [0, 0.05) is 33.7 Å². The maximum atomic E-state index is 11.8. The highest BCUT2D eigenvalue weighted by atomic mass is 35.5. The Bertz CT molecular complexity index is 797. The van der Waals surface area contributed by atoms with Crippen LogP contribution in [0.15, 0.2) is 4.99 Å². The smallest absolute Gasteiger partial charge is 0.235 e. The maximum Gasteiger partial charge on any atom is 0.235 e. The van der Waals surface area contributed by atoms with Crippen molar-refractivity contribution in [2.45, 2.75) is 75.3 Å². The van der Waals surface area contributed by atoms with Crippen molar-refractivity contribution >= 4 is 38.5 Å². The molecule has 31 heavy (non-hydrogen) atoms. The maximum absolute atomic E-state index is 11.8. The zero-order valence-electron chi connectivity index (χ0n) is 19.2. The number of isocyanates is 1. The molecule has 0 atom stereocenters. The van der Waals surface area contributed by atoms with Gasteiger partial charge in [0.1, 0.15) is 0 Å². The van der Waals surface area contributed by atoms with E-state index in [0.717, 1.165) is 44.9 Å². The second kappa shape index (κ2) is 12.6. The number of halogens is 1. The first-order valence-corrected chi connectivity index (χ1v) is 13.7. The van der Waals surface area contributed by atoms with Crippen LogP contribution in [0.5, 0.6) is 0 Å². The molecule has 12 heteroatoms. The third kappa shape index (κ3) is 9.86. The number of rotatable bonds is 7. The van der Waals surface area contributed by atoms with Crippen LogP contribution in [0.1, 0.15) is 64.2 Å². The summed E-state index contributed by atoms with van der Waals surface area (Å²) in [6.45, 7) is 0. The fourth-order valence-corrected chi connectivity index (χ4v) is 6.52. The molecule has 0 aromatic heterocycles. The minimum atomic E-state index is -3.32. The van der Waals surface area contributed by atoms with E-state index in [0.29, 0.717) is 12.8 Å². The van der Waals surface area contributed by atoms with Crippen molar-refractivity contribution in [2.24, 2.45) is 10.7 Å². The molecule has 2 saturated carbocycles. The van der Waals surface area contributed by atoms with Gasteiger partial charge < -0.3 is 5.73 Å². The van der Waals surface area contributed by atoms with Gasteiger partial charge in [-0.2, -0.15) is 4.99 Å². The van der Waals surface area contributed by atoms with Gasteiger partial charge in [-0.1, -0.05) is 38.5 Å². The van der Waals surface area contributed by atoms with E-state index in [1.54, 1.807) is 14.1 Å². The summed E-state index contributed by atoms with van der Waals surface area (Å²) in [4.78, 5) is 14.2.